The minimum absolute atomic E-state index is 0.0399. The van der Waals surface area contributed by atoms with Crippen molar-refractivity contribution in [1.29, 1.82) is 0 Å². The summed E-state index contributed by atoms with van der Waals surface area (Å²) in [5.41, 5.74) is -1.73. The lowest BCUT2D eigenvalue weighted by Gasteiger charge is -2.09. The van der Waals surface area contributed by atoms with Crippen LogP contribution >= 0.6 is 0 Å². The molecule has 0 aliphatic carbocycles. The van der Waals surface area contributed by atoms with Gasteiger partial charge in [0.25, 0.3) is 6.08 Å². The van der Waals surface area contributed by atoms with Crippen LogP contribution < -0.4 is 0 Å². The molecule has 0 fully saturated rings. The molecule has 0 bridgehead atoms. The van der Waals surface area contributed by atoms with Crippen molar-refractivity contribution >= 4 is 12.4 Å². The van der Waals surface area contributed by atoms with Crippen LogP contribution in [0.5, 0.6) is 0 Å². The smallest absolute Gasteiger partial charge is 0.258 e. The highest BCUT2D eigenvalue weighted by Crippen LogP contribution is 2.32. The van der Waals surface area contributed by atoms with Gasteiger partial charge in [0.2, 0.25) is 0 Å². The van der Waals surface area contributed by atoms with Gasteiger partial charge in [0.05, 0.1) is 5.56 Å². The molecule has 0 aliphatic rings. The number of aliphatic imine (C=N–C) groups is 1. The predicted octanol–water partition coefficient (Wildman–Crippen LogP) is 5.57. The maximum Gasteiger partial charge on any atom is 0.266 e. The van der Waals surface area contributed by atoms with E-state index in [1.807, 2.05) is 0 Å². The molecule has 2 rings (SSSR count). The van der Waals surface area contributed by atoms with Gasteiger partial charge in [0.1, 0.15) is 17.3 Å². The number of nitrogens with zero attached hydrogens (tertiary/aromatic N) is 1. The second-order valence-electron chi connectivity index (χ2n) is 4.58. The second-order valence-corrected chi connectivity index (χ2v) is 4.58. The third-order valence-electron chi connectivity index (χ3n) is 3.06. The Labute approximate surface area is 127 Å². The van der Waals surface area contributed by atoms with E-state index in [0.29, 0.717) is 6.08 Å². The zero-order valence-electron chi connectivity index (χ0n) is 11.5. The lowest BCUT2D eigenvalue weighted by Crippen LogP contribution is -1.96. The van der Waals surface area contributed by atoms with Crippen LogP contribution in [0.2, 0.25) is 0 Å². The molecule has 0 unspecified atom stereocenters. The first-order chi connectivity index (χ1) is 10.8. The highest BCUT2D eigenvalue weighted by atomic mass is 19.3. The summed E-state index contributed by atoms with van der Waals surface area (Å²) >= 11 is 0. The molecular weight excluding hydrogens is 320 g/mol. The summed E-state index contributed by atoms with van der Waals surface area (Å²) in [6.07, 6.45) is -1.86. The Morgan fingerprint density at radius 1 is 0.913 bits per heavy atom. The van der Waals surface area contributed by atoms with Gasteiger partial charge < -0.3 is 0 Å². The Balaban J connectivity index is 2.52. The molecule has 0 saturated carbocycles. The van der Waals surface area contributed by atoms with Crippen molar-refractivity contribution in [2.24, 2.45) is 4.99 Å². The van der Waals surface area contributed by atoms with E-state index in [1.165, 1.54) is 0 Å². The first-order valence-corrected chi connectivity index (χ1v) is 6.28. The minimum Gasteiger partial charge on any atom is -0.258 e. The largest absolute Gasteiger partial charge is 0.266 e. The lowest BCUT2D eigenvalue weighted by molar-refractivity contribution is 0.418. The van der Waals surface area contributed by atoms with Crippen molar-refractivity contribution in [3.8, 4) is 11.1 Å². The number of hydrogen-bond acceptors (Lipinski definition) is 1. The van der Waals surface area contributed by atoms with Crippen LogP contribution in [-0.2, 0) is 6.42 Å². The van der Waals surface area contributed by atoms with Crippen LogP contribution in [0.1, 0.15) is 5.56 Å². The number of halogens is 6. The van der Waals surface area contributed by atoms with E-state index in [4.69, 9.17) is 0 Å². The highest BCUT2D eigenvalue weighted by Gasteiger charge is 2.17. The third kappa shape index (κ3) is 3.61. The number of rotatable bonds is 4. The molecule has 7 heteroatoms. The monoisotopic (exact) mass is 329 g/mol. The molecule has 2 aromatic rings. The molecule has 0 aliphatic heterocycles. The zero-order valence-corrected chi connectivity index (χ0v) is 11.5. The summed E-state index contributed by atoms with van der Waals surface area (Å²) in [6.45, 7) is 2.99. The minimum atomic E-state index is -1.98. The molecule has 0 atom stereocenters. The van der Waals surface area contributed by atoms with Gasteiger partial charge in [0.15, 0.2) is 11.6 Å². The Hall–Kier alpha value is -2.57. The average molecular weight is 329 g/mol. The molecule has 0 spiro atoms. The fourth-order valence-electron chi connectivity index (χ4n) is 2.08. The molecule has 120 valence electrons. The van der Waals surface area contributed by atoms with Gasteiger partial charge in [-0.15, -0.1) is 0 Å². The summed E-state index contributed by atoms with van der Waals surface area (Å²) in [6, 6.07) is 3.09. The molecule has 23 heavy (non-hydrogen) atoms. The van der Waals surface area contributed by atoms with Crippen molar-refractivity contribution in [3.05, 3.63) is 65.3 Å². The molecule has 0 N–H and O–H groups in total. The number of allylic oxidation sites excluding steroid dienone is 1. The van der Waals surface area contributed by atoms with Crippen LogP contribution in [0.3, 0.4) is 0 Å². The Morgan fingerprint density at radius 3 is 1.87 bits per heavy atom. The van der Waals surface area contributed by atoms with E-state index in [-0.39, 0.29) is 17.5 Å². The van der Waals surface area contributed by atoms with Crippen LogP contribution in [0.15, 0.2) is 41.4 Å². The first kappa shape index (κ1) is 16.8. The van der Waals surface area contributed by atoms with Crippen molar-refractivity contribution in [2.75, 3.05) is 0 Å². The molecular formula is C16H9F6N. The van der Waals surface area contributed by atoms with Crippen LogP contribution in [0, 0.1) is 23.3 Å². The van der Waals surface area contributed by atoms with E-state index in [0.717, 1.165) is 24.3 Å². The lowest BCUT2D eigenvalue weighted by atomic mass is 10.0. The molecule has 1 nitrogen and oxygen atoms in total. The fraction of sp³-hybridized carbons (Fsp3) is 0.0625. The summed E-state index contributed by atoms with van der Waals surface area (Å²) in [7, 11) is 0. The molecule has 0 saturated heterocycles. The van der Waals surface area contributed by atoms with Crippen molar-refractivity contribution < 1.29 is 26.3 Å². The fourth-order valence-corrected chi connectivity index (χ4v) is 2.08. The van der Waals surface area contributed by atoms with E-state index < -0.39 is 40.6 Å². The predicted molar refractivity (Wildman–Crippen MR) is 74.9 cm³/mol. The van der Waals surface area contributed by atoms with E-state index in [1.54, 1.807) is 0 Å². The van der Waals surface area contributed by atoms with Gasteiger partial charge in [-0.2, -0.15) is 8.78 Å². The van der Waals surface area contributed by atoms with E-state index in [9.17, 15) is 26.3 Å². The van der Waals surface area contributed by atoms with Gasteiger partial charge in [0, 0.05) is 0 Å². The van der Waals surface area contributed by atoms with Gasteiger partial charge in [-0.05, 0) is 54.6 Å². The van der Waals surface area contributed by atoms with Crippen LogP contribution in [-0.4, -0.2) is 6.72 Å². The van der Waals surface area contributed by atoms with Gasteiger partial charge in [-0.25, -0.2) is 17.6 Å². The maximum atomic E-state index is 14.0. The average Bonchev–Trinajstić information content (AvgIpc) is 2.44. The SMILES string of the molecule is C=Nc1c(F)cc(-c2c(F)cc(CC=C(F)F)cc2F)cc1F. The summed E-state index contributed by atoms with van der Waals surface area (Å²) in [5, 5.41) is 0. The van der Waals surface area contributed by atoms with E-state index >= 15 is 0 Å². The molecule has 0 radical (unpaired) electrons. The Bertz CT molecular complexity index is 747. The van der Waals surface area contributed by atoms with Crippen LogP contribution in [0.4, 0.5) is 32.0 Å². The zero-order chi connectivity index (χ0) is 17.1. The molecule has 0 amide bonds. The van der Waals surface area contributed by atoms with Crippen molar-refractivity contribution in [2.45, 2.75) is 6.42 Å². The Morgan fingerprint density at radius 2 is 1.43 bits per heavy atom. The topological polar surface area (TPSA) is 12.4 Å². The molecule has 0 aromatic heterocycles. The van der Waals surface area contributed by atoms with Gasteiger partial charge in [-0.3, -0.25) is 4.99 Å². The van der Waals surface area contributed by atoms with Crippen molar-refractivity contribution in [1.82, 2.24) is 0 Å². The summed E-state index contributed by atoms with van der Waals surface area (Å²) in [5.74, 6) is -4.49. The molecule has 2 aromatic carbocycles. The first-order valence-electron chi connectivity index (χ1n) is 6.28. The summed E-state index contributed by atoms with van der Waals surface area (Å²) < 4.78 is 79.4. The quantitative estimate of drug-likeness (QED) is 0.514. The highest BCUT2D eigenvalue weighted by molar-refractivity contribution is 5.68. The van der Waals surface area contributed by atoms with Crippen LogP contribution in [0.25, 0.3) is 11.1 Å². The van der Waals surface area contributed by atoms with Gasteiger partial charge >= 0.3 is 0 Å². The number of hydrogen-bond donors (Lipinski definition) is 0. The maximum absolute atomic E-state index is 14.0. The summed E-state index contributed by atoms with van der Waals surface area (Å²) in [4.78, 5) is 3.14. The standard InChI is InChI=1S/C16H9F6N/c1-23-16-12(19)6-9(7-13(16)20)15-10(17)4-8(5-11(15)18)2-3-14(21)22/h3-7H,1-2H2. The normalized spacial score (nSPS) is 10.5. The van der Waals surface area contributed by atoms with Gasteiger partial charge in [-0.1, -0.05) is 0 Å². The van der Waals surface area contributed by atoms with Crippen molar-refractivity contribution in [3.63, 3.8) is 0 Å². The number of benzene rings is 2. The molecule has 0 heterocycles. The second kappa shape index (κ2) is 6.68. The third-order valence-corrected chi connectivity index (χ3v) is 3.06. The Kier molecular flexibility index (Phi) is 4.88. The van der Waals surface area contributed by atoms with E-state index in [2.05, 4.69) is 11.7 Å².